The lowest BCUT2D eigenvalue weighted by atomic mass is 9.94. The fraction of sp³-hybridized carbons (Fsp3) is 0.462. The molecular weight excluding hydrogens is 204 g/mol. The summed E-state index contributed by atoms with van der Waals surface area (Å²) in [7, 11) is 1.67. The summed E-state index contributed by atoms with van der Waals surface area (Å²) in [5.74, 6) is -0.698. The molecule has 0 aliphatic heterocycles. The first-order valence-corrected chi connectivity index (χ1v) is 5.51. The molecule has 0 aromatic heterocycles. The van der Waals surface area contributed by atoms with E-state index in [1.54, 1.807) is 7.11 Å². The predicted octanol–water partition coefficient (Wildman–Crippen LogP) is 1.99. The van der Waals surface area contributed by atoms with Crippen LogP contribution < -0.4 is 0 Å². The Bertz CT molecular complexity index is 394. The number of benzene rings is 1. The molecule has 0 radical (unpaired) electrons. The highest BCUT2D eigenvalue weighted by atomic mass is 16.5. The van der Waals surface area contributed by atoms with Gasteiger partial charge < -0.3 is 9.84 Å². The number of hydrogen-bond donors (Lipinski definition) is 1. The number of rotatable bonds is 5. The molecule has 3 heteroatoms. The maximum absolute atomic E-state index is 11.2. The molecule has 1 aromatic carbocycles. The summed E-state index contributed by atoms with van der Waals surface area (Å²) in [5.41, 5.74) is 1.49. The average Bonchev–Trinajstić information content (AvgIpc) is 3.08. The van der Waals surface area contributed by atoms with Crippen LogP contribution in [0.5, 0.6) is 0 Å². The van der Waals surface area contributed by atoms with E-state index in [1.807, 2.05) is 24.3 Å². The molecule has 0 bridgehead atoms. The van der Waals surface area contributed by atoms with E-state index in [9.17, 15) is 9.90 Å². The lowest BCUT2D eigenvalue weighted by Crippen LogP contribution is -2.19. The lowest BCUT2D eigenvalue weighted by molar-refractivity contribution is -0.140. The van der Waals surface area contributed by atoms with E-state index in [1.165, 1.54) is 0 Å². The number of methoxy groups -OCH3 is 1. The fourth-order valence-corrected chi connectivity index (χ4v) is 2.00. The molecule has 1 aliphatic carbocycles. The van der Waals surface area contributed by atoms with Crippen LogP contribution in [-0.2, 0) is 21.4 Å². The van der Waals surface area contributed by atoms with Crippen molar-refractivity contribution in [2.75, 3.05) is 13.7 Å². The summed E-state index contributed by atoms with van der Waals surface area (Å²) in [5, 5.41) is 9.20. The second-order valence-electron chi connectivity index (χ2n) is 4.33. The van der Waals surface area contributed by atoms with Gasteiger partial charge in [-0.15, -0.1) is 0 Å². The van der Waals surface area contributed by atoms with E-state index in [0.717, 1.165) is 30.4 Å². The lowest BCUT2D eigenvalue weighted by Gasteiger charge is -2.11. The van der Waals surface area contributed by atoms with Gasteiger partial charge in [0.2, 0.25) is 0 Å². The van der Waals surface area contributed by atoms with Crippen LogP contribution in [-0.4, -0.2) is 24.8 Å². The zero-order chi connectivity index (χ0) is 11.6. The molecular formula is C13H16O3. The molecule has 0 atom stereocenters. The van der Waals surface area contributed by atoms with E-state index in [-0.39, 0.29) is 0 Å². The van der Waals surface area contributed by atoms with Gasteiger partial charge >= 0.3 is 5.97 Å². The smallest absolute Gasteiger partial charge is 0.314 e. The van der Waals surface area contributed by atoms with Crippen molar-refractivity contribution in [3.05, 3.63) is 35.4 Å². The highest BCUT2D eigenvalue weighted by Gasteiger charge is 2.51. The van der Waals surface area contributed by atoms with Gasteiger partial charge in [-0.25, -0.2) is 0 Å². The maximum Gasteiger partial charge on any atom is 0.314 e. The van der Waals surface area contributed by atoms with Crippen molar-refractivity contribution < 1.29 is 14.6 Å². The van der Waals surface area contributed by atoms with Gasteiger partial charge in [0.05, 0.1) is 12.0 Å². The Labute approximate surface area is 95.0 Å². The highest BCUT2D eigenvalue weighted by Crippen LogP contribution is 2.48. The fourth-order valence-electron chi connectivity index (χ4n) is 2.00. The molecule has 1 aromatic rings. The number of carbonyl (C=O) groups is 1. The van der Waals surface area contributed by atoms with Gasteiger partial charge in [-0.2, -0.15) is 0 Å². The van der Waals surface area contributed by atoms with Crippen LogP contribution in [0.2, 0.25) is 0 Å². The second-order valence-corrected chi connectivity index (χ2v) is 4.33. The van der Waals surface area contributed by atoms with Crippen molar-refractivity contribution in [3.8, 4) is 0 Å². The molecule has 2 rings (SSSR count). The SMILES string of the molecule is COCCc1cccc(C2(C(=O)O)CC2)c1. The Hall–Kier alpha value is -1.35. The minimum absolute atomic E-state index is 0.594. The van der Waals surface area contributed by atoms with Crippen molar-refractivity contribution in [2.45, 2.75) is 24.7 Å². The normalized spacial score (nSPS) is 17.1. The molecule has 1 saturated carbocycles. The molecule has 86 valence electrons. The monoisotopic (exact) mass is 220 g/mol. The Morgan fingerprint density at radius 1 is 1.50 bits per heavy atom. The first-order chi connectivity index (χ1) is 7.69. The zero-order valence-electron chi connectivity index (χ0n) is 9.40. The van der Waals surface area contributed by atoms with Gasteiger partial charge in [-0.05, 0) is 30.4 Å². The number of aliphatic carboxylic acids is 1. The van der Waals surface area contributed by atoms with E-state index >= 15 is 0 Å². The number of carboxylic acids is 1. The standard InChI is InChI=1S/C13H16O3/c1-16-8-5-10-3-2-4-11(9-10)13(6-7-13)12(14)15/h2-4,9H,5-8H2,1H3,(H,14,15). The van der Waals surface area contributed by atoms with E-state index in [2.05, 4.69) is 0 Å². The van der Waals surface area contributed by atoms with Crippen LogP contribution in [0.1, 0.15) is 24.0 Å². The van der Waals surface area contributed by atoms with Crippen molar-refractivity contribution in [1.29, 1.82) is 0 Å². The topological polar surface area (TPSA) is 46.5 Å². The molecule has 0 saturated heterocycles. The molecule has 1 aliphatic rings. The molecule has 0 unspecified atom stereocenters. The molecule has 16 heavy (non-hydrogen) atoms. The Balaban J connectivity index is 2.19. The predicted molar refractivity (Wildman–Crippen MR) is 60.6 cm³/mol. The Morgan fingerprint density at radius 3 is 2.81 bits per heavy atom. The van der Waals surface area contributed by atoms with Crippen molar-refractivity contribution >= 4 is 5.97 Å². The van der Waals surface area contributed by atoms with Gasteiger partial charge in [0.15, 0.2) is 0 Å². The van der Waals surface area contributed by atoms with Gasteiger partial charge in [-0.3, -0.25) is 4.79 Å². The first kappa shape index (κ1) is 11.1. The van der Waals surface area contributed by atoms with Gasteiger partial charge in [0.1, 0.15) is 0 Å². The quantitative estimate of drug-likeness (QED) is 0.825. The van der Waals surface area contributed by atoms with Gasteiger partial charge in [0, 0.05) is 7.11 Å². The minimum atomic E-state index is -0.698. The third-order valence-corrected chi connectivity index (χ3v) is 3.23. The van der Waals surface area contributed by atoms with Crippen LogP contribution >= 0.6 is 0 Å². The maximum atomic E-state index is 11.2. The average molecular weight is 220 g/mol. The summed E-state index contributed by atoms with van der Waals surface area (Å²) < 4.78 is 5.02. The van der Waals surface area contributed by atoms with E-state index < -0.39 is 11.4 Å². The summed E-state index contributed by atoms with van der Waals surface area (Å²) in [6.07, 6.45) is 2.35. The van der Waals surface area contributed by atoms with Crippen LogP contribution in [0.3, 0.4) is 0 Å². The van der Waals surface area contributed by atoms with Crippen LogP contribution in [0.4, 0.5) is 0 Å². The molecule has 1 N–H and O–H groups in total. The summed E-state index contributed by atoms with van der Waals surface area (Å²) in [6.45, 7) is 0.670. The van der Waals surface area contributed by atoms with Gasteiger partial charge in [-0.1, -0.05) is 24.3 Å². The molecule has 0 amide bonds. The van der Waals surface area contributed by atoms with Crippen molar-refractivity contribution in [1.82, 2.24) is 0 Å². The van der Waals surface area contributed by atoms with E-state index in [0.29, 0.717) is 6.61 Å². The van der Waals surface area contributed by atoms with Gasteiger partial charge in [0.25, 0.3) is 0 Å². The Morgan fingerprint density at radius 2 is 2.25 bits per heavy atom. The van der Waals surface area contributed by atoms with Crippen molar-refractivity contribution in [2.24, 2.45) is 0 Å². The summed E-state index contributed by atoms with van der Waals surface area (Å²) in [6, 6.07) is 7.86. The number of ether oxygens (including phenoxy) is 1. The van der Waals surface area contributed by atoms with Crippen LogP contribution in [0, 0.1) is 0 Å². The third kappa shape index (κ3) is 1.95. The van der Waals surface area contributed by atoms with Crippen LogP contribution in [0.25, 0.3) is 0 Å². The largest absolute Gasteiger partial charge is 0.481 e. The second kappa shape index (κ2) is 4.26. The van der Waals surface area contributed by atoms with Crippen molar-refractivity contribution in [3.63, 3.8) is 0 Å². The molecule has 3 nitrogen and oxygen atoms in total. The number of hydrogen-bond acceptors (Lipinski definition) is 2. The first-order valence-electron chi connectivity index (χ1n) is 5.51. The number of carboxylic acid groups (broad SMARTS) is 1. The third-order valence-electron chi connectivity index (χ3n) is 3.23. The summed E-state index contributed by atoms with van der Waals surface area (Å²) >= 11 is 0. The molecule has 0 spiro atoms. The zero-order valence-corrected chi connectivity index (χ0v) is 9.40. The summed E-state index contributed by atoms with van der Waals surface area (Å²) in [4.78, 5) is 11.2. The van der Waals surface area contributed by atoms with Crippen LogP contribution in [0.15, 0.2) is 24.3 Å². The Kier molecular flexibility index (Phi) is 2.97. The molecule has 1 fully saturated rings. The molecule has 0 heterocycles. The minimum Gasteiger partial charge on any atom is -0.481 e. The highest BCUT2D eigenvalue weighted by molar-refractivity contribution is 5.84. The van der Waals surface area contributed by atoms with E-state index in [4.69, 9.17) is 4.74 Å².